The summed E-state index contributed by atoms with van der Waals surface area (Å²) in [5.41, 5.74) is 12.4. The largest absolute Gasteiger partial charge is 0.368 e. The molecule has 0 bridgehead atoms. The zero-order chi connectivity index (χ0) is 45.8. The summed E-state index contributed by atoms with van der Waals surface area (Å²) in [6, 6.07) is 36.6. The van der Waals surface area contributed by atoms with E-state index in [0.29, 0.717) is 37.6 Å². The average Bonchev–Trinajstić information content (AvgIpc) is 3.33. The summed E-state index contributed by atoms with van der Waals surface area (Å²) in [7, 11) is 0. The number of hydrogen-bond donors (Lipinski definition) is 1. The Hall–Kier alpha value is -6.64. The zero-order valence-electron chi connectivity index (χ0n) is 37.2. The molecule has 65 heavy (non-hydrogen) atoms. The van der Waals surface area contributed by atoms with Crippen LogP contribution in [-0.4, -0.2) is 101 Å². The first kappa shape index (κ1) is 47.8. The summed E-state index contributed by atoms with van der Waals surface area (Å²) in [5.74, 6) is 0.336. The van der Waals surface area contributed by atoms with Gasteiger partial charge in [-0.25, -0.2) is 0 Å². The van der Waals surface area contributed by atoms with E-state index in [4.69, 9.17) is 10.5 Å². The number of nitrogens with one attached hydrogen (secondary N) is 1. The molecule has 2 saturated heterocycles. The first-order valence-electron chi connectivity index (χ1n) is 21.9. The van der Waals surface area contributed by atoms with Crippen molar-refractivity contribution in [1.82, 2.24) is 30.2 Å². The van der Waals surface area contributed by atoms with Crippen LogP contribution in [0.1, 0.15) is 33.9 Å². The van der Waals surface area contributed by atoms with Crippen molar-refractivity contribution in [2.45, 2.75) is 39.5 Å². The molecule has 2 fully saturated rings. The van der Waals surface area contributed by atoms with Crippen molar-refractivity contribution in [3.05, 3.63) is 156 Å². The maximum atomic E-state index is 12.6. The summed E-state index contributed by atoms with van der Waals surface area (Å²) in [5, 5.41) is 20.2. The molecule has 0 unspecified atom stereocenters. The van der Waals surface area contributed by atoms with E-state index in [2.05, 4.69) is 104 Å². The summed E-state index contributed by atoms with van der Waals surface area (Å²) in [6.07, 6.45) is 8.91. The number of anilines is 2. The number of carbonyl (C=O) groups excluding carboxylic acids is 2. The topological polar surface area (TPSA) is 155 Å². The molecule has 6 aromatic rings. The van der Waals surface area contributed by atoms with Gasteiger partial charge in [0.15, 0.2) is 0 Å². The maximum absolute atomic E-state index is 12.6. The van der Waals surface area contributed by atoms with Crippen molar-refractivity contribution in [2.24, 2.45) is 0 Å². The third-order valence-electron chi connectivity index (χ3n) is 11.1. The van der Waals surface area contributed by atoms with Gasteiger partial charge in [0, 0.05) is 113 Å². The van der Waals surface area contributed by atoms with Crippen molar-refractivity contribution < 1.29 is 9.59 Å². The van der Waals surface area contributed by atoms with E-state index in [-0.39, 0.29) is 11.6 Å². The van der Waals surface area contributed by atoms with E-state index >= 15 is 0 Å². The number of aromatic nitrogens is 4. The molecule has 332 valence electrons. The molecule has 1 N–H and O–H groups in total. The maximum Gasteiger partial charge on any atom is 0.143 e. The Kier molecular flexibility index (Phi) is 18.4. The lowest BCUT2D eigenvalue weighted by atomic mass is 10.0. The third kappa shape index (κ3) is 15.3. The molecule has 12 nitrogen and oxygen atoms in total. The number of aryl methyl sites for hydroxylation is 2. The number of hydrogen-bond acceptors (Lipinski definition) is 12. The van der Waals surface area contributed by atoms with Crippen molar-refractivity contribution in [3.8, 4) is 34.4 Å². The van der Waals surface area contributed by atoms with Gasteiger partial charge in [0.1, 0.15) is 11.6 Å². The number of nitrogens with zero attached hydrogens (tertiary/aromatic N) is 9. The molecule has 13 heteroatoms. The van der Waals surface area contributed by atoms with Crippen molar-refractivity contribution in [1.29, 1.82) is 10.5 Å². The Morgan fingerprint density at radius 3 is 1.40 bits per heavy atom. The second-order valence-electron chi connectivity index (χ2n) is 16.0. The molecular weight excluding hydrogens is 877 g/mol. The quantitative estimate of drug-likeness (QED) is 0.0898. The number of piperazine rings is 2. The highest BCUT2D eigenvalue weighted by molar-refractivity contribution is 9.09. The lowest BCUT2D eigenvalue weighted by Crippen LogP contribution is -2.46. The van der Waals surface area contributed by atoms with Gasteiger partial charge < -0.3 is 15.1 Å². The Bertz CT molecular complexity index is 2520. The van der Waals surface area contributed by atoms with Gasteiger partial charge in [0.25, 0.3) is 0 Å². The molecule has 2 aromatic carbocycles. The predicted octanol–water partition coefficient (Wildman–Crippen LogP) is 7.57. The molecule has 2 aliphatic rings. The number of benzene rings is 2. The Labute approximate surface area is 391 Å². The lowest BCUT2D eigenvalue weighted by Gasteiger charge is -2.34. The fraction of sp³-hybridized carbons (Fsp3) is 0.308. The number of rotatable bonds is 13. The number of Topliss-reactive ketones (excluding diaryl/α,β-unsaturated/α-hetero) is 2. The zero-order valence-corrected chi connectivity index (χ0v) is 38.8. The highest BCUT2D eigenvalue weighted by atomic mass is 79.9. The normalized spacial score (nSPS) is 13.6. The number of pyridine rings is 4. The molecule has 2 aliphatic heterocycles. The number of carbonyl (C=O) groups is 2. The number of ketones is 2. The van der Waals surface area contributed by atoms with Gasteiger partial charge in [0.2, 0.25) is 0 Å². The molecule has 0 amide bonds. The van der Waals surface area contributed by atoms with Crippen LogP contribution in [0.3, 0.4) is 0 Å². The van der Waals surface area contributed by atoms with Crippen LogP contribution in [0, 0.1) is 36.5 Å². The van der Waals surface area contributed by atoms with Crippen LogP contribution in [0.25, 0.3) is 22.3 Å². The number of alkyl halides is 1. The first-order valence-corrected chi connectivity index (χ1v) is 23.0. The van der Waals surface area contributed by atoms with E-state index in [0.717, 1.165) is 120 Å². The molecular formula is C52H55BrN10O2. The minimum Gasteiger partial charge on any atom is -0.368 e. The van der Waals surface area contributed by atoms with Crippen LogP contribution >= 0.6 is 15.9 Å². The van der Waals surface area contributed by atoms with E-state index in [1.807, 2.05) is 99.3 Å². The van der Waals surface area contributed by atoms with Crippen LogP contribution in [0.5, 0.6) is 0 Å². The van der Waals surface area contributed by atoms with Crippen LogP contribution in [0.15, 0.2) is 122 Å². The van der Waals surface area contributed by atoms with Crippen LogP contribution in [-0.2, 0) is 35.3 Å². The van der Waals surface area contributed by atoms with Crippen LogP contribution in [0.4, 0.5) is 11.4 Å². The van der Waals surface area contributed by atoms with Gasteiger partial charge in [-0.3, -0.25) is 34.4 Å². The Morgan fingerprint density at radius 2 is 1.02 bits per heavy atom. The highest BCUT2D eigenvalue weighted by Gasteiger charge is 2.18. The summed E-state index contributed by atoms with van der Waals surface area (Å²) >= 11 is 2.89. The van der Waals surface area contributed by atoms with Gasteiger partial charge in [-0.05, 0) is 95.8 Å². The highest BCUT2D eigenvalue weighted by Crippen LogP contribution is 2.23. The number of nitriles is 2. The monoisotopic (exact) mass is 930 g/mol. The second kappa shape index (κ2) is 25.0. The molecule has 4 aromatic heterocycles. The van der Waals surface area contributed by atoms with E-state index in [1.165, 1.54) is 0 Å². The molecule has 0 aliphatic carbocycles. The second-order valence-corrected chi connectivity index (χ2v) is 16.6. The Balaban J connectivity index is 0.000000200. The molecule has 0 atom stereocenters. The van der Waals surface area contributed by atoms with Gasteiger partial charge in [-0.2, -0.15) is 10.5 Å². The van der Waals surface area contributed by atoms with Gasteiger partial charge in [0.05, 0.1) is 47.8 Å². The smallest absolute Gasteiger partial charge is 0.143 e. The van der Waals surface area contributed by atoms with Crippen molar-refractivity contribution in [3.63, 3.8) is 0 Å². The molecule has 6 heterocycles. The van der Waals surface area contributed by atoms with Crippen LogP contribution < -0.4 is 15.1 Å². The van der Waals surface area contributed by atoms with E-state index in [9.17, 15) is 9.59 Å². The average molecular weight is 932 g/mol. The third-order valence-corrected chi connectivity index (χ3v) is 11.4. The van der Waals surface area contributed by atoms with Gasteiger partial charge >= 0.3 is 0 Å². The van der Waals surface area contributed by atoms with Crippen molar-refractivity contribution in [2.75, 3.05) is 74.0 Å². The SMILES string of the molecule is Cc1cc(-c2ccc(CC(=O)Cc3ccc(N4CCN(CC#N)CC4)cn3)cc2)ccn1.Cc1cc(-c2ccc(CC(=O)Cc3ccc(N4CCNCC4)cn3)cc2)ccn1.N#CCBr. The molecule has 8 rings (SSSR count). The molecule has 0 spiro atoms. The number of halogens is 1. The summed E-state index contributed by atoms with van der Waals surface area (Å²) < 4.78 is 0. The molecule has 0 radical (unpaired) electrons. The van der Waals surface area contributed by atoms with Crippen molar-refractivity contribution >= 4 is 38.9 Å². The fourth-order valence-electron chi connectivity index (χ4n) is 7.67. The standard InChI is InChI=1S/C26H27N5O.C24H26N4O.C2H2BrN/c1-20-16-23(8-10-28-20)22-4-2-21(3-5-22)17-26(32)18-24-6-7-25(19-29-24)31-14-12-30(11-9-27)13-15-31;1-18-14-21(8-9-26-18)20-4-2-19(3-5-20)15-24(29)16-22-6-7-23(17-27-22)28-12-10-25-11-13-28;3-1-2-4/h2-8,10,16,19H,11-15,17-18H2,1H3;2-9,14,17,25H,10-13,15-16H2,1H3;1H2. The minimum atomic E-state index is 0.155. The summed E-state index contributed by atoms with van der Waals surface area (Å²) in [4.78, 5) is 49.3. The van der Waals surface area contributed by atoms with E-state index < -0.39 is 0 Å². The van der Waals surface area contributed by atoms with Gasteiger partial charge in [-0.1, -0.05) is 64.5 Å². The Morgan fingerprint density at radius 1 is 0.569 bits per heavy atom. The van der Waals surface area contributed by atoms with Crippen LogP contribution in [0.2, 0.25) is 0 Å². The lowest BCUT2D eigenvalue weighted by molar-refractivity contribution is -0.118. The molecule has 0 saturated carbocycles. The minimum absolute atomic E-state index is 0.155. The summed E-state index contributed by atoms with van der Waals surface area (Å²) in [6.45, 7) is 12.0. The first-order chi connectivity index (χ1) is 31.7. The fourth-order valence-corrected chi connectivity index (χ4v) is 7.67. The predicted molar refractivity (Wildman–Crippen MR) is 261 cm³/mol. The van der Waals surface area contributed by atoms with Gasteiger partial charge in [-0.15, -0.1) is 0 Å². The van der Waals surface area contributed by atoms with E-state index in [1.54, 1.807) is 0 Å².